The smallest absolute Gasteiger partial charge is 0.119 e. The van der Waals surface area contributed by atoms with Gasteiger partial charge in [0, 0.05) is 0 Å². The van der Waals surface area contributed by atoms with Crippen molar-refractivity contribution < 1.29 is 4.74 Å². The third kappa shape index (κ3) is 5.82. The fraction of sp³-hybridized carbons (Fsp3) is 0.533. The lowest BCUT2D eigenvalue weighted by Gasteiger charge is -2.29. The van der Waals surface area contributed by atoms with E-state index in [1.165, 1.54) is 61.6 Å². The minimum atomic E-state index is 0.656. The van der Waals surface area contributed by atoms with Crippen LogP contribution in [0.25, 0.3) is 0 Å². The van der Waals surface area contributed by atoms with Crippen LogP contribution in [0.5, 0.6) is 5.75 Å². The lowest BCUT2D eigenvalue weighted by atomic mass is 9.76. The molecule has 0 saturated heterocycles. The van der Waals surface area contributed by atoms with Gasteiger partial charge in [0.15, 0.2) is 0 Å². The Labute approximate surface area is 189 Å². The topological polar surface area (TPSA) is 9.23 Å². The normalized spacial score (nSPS) is 23.6. The number of rotatable bonds is 8. The molecule has 0 heterocycles. The largest absolute Gasteiger partial charge is 0.493 e. The highest BCUT2D eigenvalue weighted by molar-refractivity contribution is 5.40. The summed E-state index contributed by atoms with van der Waals surface area (Å²) in [6.07, 6.45) is 17.2. The van der Waals surface area contributed by atoms with Gasteiger partial charge in [-0.1, -0.05) is 62.2 Å². The van der Waals surface area contributed by atoms with Gasteiger partial charge in [-0.05, 0) is 110 Å². The van der Waals surface area contributed by atoms with Crippen LogP contribution in [0.2, 0.25) is 0 Å². The average molecular weight is 417 g/mol. The highest BCUT2D eigenvalue weighted by atomic mass is 16.5. The molecule has 0 bridgehead atoms. The van der Waals surface area contributed by atoms with Gasteiger partial charge in [-0.15, -0.1) is 0 Å². The molecule has 0 aliphatic heterocycles. The molecule has 0 aromatic heterocycles. The van der Waals surface area contributed by atoms with E-state index in [0.717, 1.165) is 43.5 Å². The lowest BCUT2D eigenvalue weighted by Crippen LogP contribution is -2.14. The maximum atomic E-state index is 5.93. The molecule has 1 heteroatoms. The summed E-state index contributed by atoms with van der Waals surface area (Å²) in [6, 6.07) is 16.5. The van der Waals surface area contributed by atoms with E-state index in [1.54, 1.807) is 5.56 Å². The lowest BCUT2D eigenvalue weighted by molar-refractivity contribution is 0.308. The van der Waals surface area contributed by atoms with Crippen LogP contribution in [0, 0.1) is 5.92 Å². The molecule has 0 amide bonds. The zero-order chi connectivity index (χ0) is 21.5. The van der Waals surface area contributed by atoms with Gasteiger partial charge in [0.25, 0.3) is 0 Å². The van der Waals surface area contributed by atoms with Crippen molar-refractivity contribution in [1.29, 1.82) is 0 Å². The van der Waals surface area contributed by atoms with Crippen molar-refractivity contribution in [3.8, 4) is 5.75 Å². The van der Waals surface area contributed by atoms with Crippen molar-refractivity contribution in [3.05, 3.63) is 76.9 Å². The molecule has 0 radical (unpaired) electrons. The van der Waals surface area contributed by atoms with Crippen molar-refractivity contribution in [2.75, 3.05) is 6.61 Å². The standard InChI is InChI=1S/C30H40O/c1-3-5-6-20-31-30-19-18-28-21-27(16-17-29(28)22-30)26-14-12-25(13-15-26)24-10-8-23(7-4-2)9-11-24/h3,5,12-15,18-19,22-24,27H,4,6-11,16-17,20-21H2,1-2H3. The number of allylic oxidation sites excluding steroid dienone is 1. The number of ether oxygens (including phenoxy) is 1. The zero-order valence-electron chi connectivity index (χ0n) is 19.6. The van der Waals surface area contributed by atoms with Gasteiger partial charge >= 0.3 is 0 Å². The second kappa shape index (κ2) is 11.0. The molecule has 166 valence electrons. The Morgan fingerprint density at radius 2 is 1.61 bits per heavy atom. The number of aryl methyl sites for hydroxylation is 1. The Morgan fingerprint density at radius 1 is 0.871 bits per heavy atom. The van der Waals surface area contributed by atoms with Crippen molar-refractivity contribution in [1.82, 2.24) is 0 Å². The van der Waals surface area contributed by atoms with Gasteiger partial charge in [-0.25, -0.2) is 0 Å². The van der Waals surface area contributed by atoms with Crippen molar-refractivity contribution in [3.63, 3.8) is 0 Å². The van der Waals surface area contributed by atoms with Crippen molar-refractivity contribution >= 4 is 0 Å². The van der Waals surface area contributed by atoms with E-state index in [4.69, 9.17) is 4.74 Å². The van der Waals surface area contributed by atoms with Gasteiger partial charge in [0.2, 0.25) is 0 Å². The second-order valence-corrected chi connectivity index (χ2v) is 9.75. The summed E-state index contributed by atoms with van der Waals surface area (Å²) in [4.78, 5) is 0. The van der Waals surface area contributed by atoms with Crippen LogP contribution in [-0.4, -0.2) is 6.61 Å². The van der Waals surface area contributed by atoms with Crippen LogP contribution in [0.4, 0.5) is 0 Å². The van der Waals surface area contributed by atoms with Crippen LogP contribution < -0.4 is 4.74 Å². The molecule has 4 rings (SSSR count). The summed E-state index contributed by atoms with van der Waals surface area (Å²) in [7, 11) is 0. The summed E-state index contributed by atoms with van der Waals surface area (Å²) in [5.41, 5.74) is 6.10. The predicted octanol–water partition coefficient (Wildman–Crippen LogP) is 8.38. The van der Waals surface area contributed by atoms with E-state index in [9.17, 15) is 0 Å². The van der Waals surface area contributed by atoms with Gasteiger partial charge in [-0.2, -0.15) is 0 Å². The van der Waals surface area contributed by atoms with Gasteiger partial charge < -0.3 is 4.74 Å². The van der Waals surface area contributed by atoms with Crippen LogP contribution >= 0.6 is 0 Å². The fourth-order valence-corrected chi connectivity index (χ4v) is 5.75. The van der Waals surface area contributed by atoms with Crippen molar-refractivity contribution in [2.24, 2.45) is 5.92 Å². The van der Waals surface area contributed by atoms with Crippen LogP contribution in [0.15, 0.2) is 54.6 Å². The number of hydrogen-bond acceptors (Lipinski definition) is 1. The van der Waals surface area contributed by atoms with Gasteiger partial charge in [-0.3, -0.25) is 0 Å². The summed E-state index contributed by atoms with van der Waals surface area (Å²) in [5.74, 6) is 3.46. The van der Waals surface area contributed by atoms with E-state index in [0.29, 0.717) is 5.92 Å². The first kappa shape index (κ1) is 22.2. The maximum absolute atomic E-state index is 5.93. The molecule has 2 aliphatic carbocycles. The molecule has 0 spiro atoms. The molecule has 1 nitrogen and oxygen atoms in total. The molecule has 1 saturated carbocycles. The first-order valence-electron chi connectivity index (χ1n) is 12.7. The molecule has 1 fully saturated rings. The van der Waals surface area contributed by atoms with Crippen LogP contribution in [0.3, 0.4) is 0 Å². The number of hydrogen-bond donors (Lipinski definition) is 0. The summed E-state index contributed by atoms with van der Waals surface area (Å²) in [6.45, 7) is 5.15. The van der Waals surface area contributed by atoms with Crippen molar-refractivity contribution in [2.45, 2.75) is 89.9 Å². The minimum Gasteiger partial charge on any atom is -0.493 e. The molecular weight excluding hydrogens is 376 g/mol. The SMILES string of the molecule is CC=CCCOc1ccc2c(c1)CCC(c1ccc(C3CCC(CCC)CC3)cc1)C2. The predicted molar refractivity (Wildman–Crippen MR) is 132 cm³/mol. The van der Waals surface area contributed by atoms with E-state index in [2.05, 4.69) is 68.5 Å². The Balaban J connectivity index is 1.33. The second-order valence-electron chi connectivity index (χ2n) is 9.75. The molecule has 0 N–H and O–H groups in total. The summed E-state index contributed by atoms with van der Waals surface area (Å²) < 4.78 is 5.93. The molecule has 2 aromatic carbocycles. The summed E-state index contributed by atoms with van der Waals surface area (Å²) in [5, 5.41) is 0. The van der Waals surface area contributed by atoms with E-state index < -0.39 is 0 Å². The maximum Gasteiger partial charge on any atom is 0.119 e. The Morgan fingerprint density at radius 3 is 2.32 bits per heavy atom. The van der Waals surface area contributed by atoms with E-state index >= 15 is 0 Å². The molecule has 31 heavy (non-hydrogen) atoms. The number of benzene rings is 2. The molecular formula is C30H40O. The van der Waals surface area contributed by atoms with Gasteiger partial charge in [0.05, 0.1) is 6.61 Å². The highest BCUT2D eigenvalue weighted by Gasteiger charge is 2.23. The zero-order valence-corrected chi connectivity index (χ0v) is 19.6. The number of fused-ring (bicyclic) bond motifs is 1. The van der Waals surface area contributed by atoms with Gasteiger partial charge in [0.1, 0.15) is 5.75 Å². The first-order chi connectivity index (χ1) is 15.3. The third-order valence-electron chi connectivity index (χ3n) is 7.62. The Kier molecular flexibility index (Phi) is 7.89. The highest BCUT2D eigenvalue weighted by Crippen LogP contribution is 2.39. The third-order valence-corrected chi connectivity index (χ3v) is 7.62. The van der Waals surface area contributed by atoms with E-state index in [1.807, 2.05) is 0 Å². The Bertz CT molecular complexity index is 839. The molecule has 1 unspecified atom stereocenters. The Hall–Kier alpha value is -2.02. The average Bonchev–Trinajstić information content (AvgIpc) is 2.82. The molecule has 1 atom stereocenters. The molecule has 2 aromatic rings. The molecule has 2 aliphatic rings. The van der Waals surface area contributed by atoms with Crippen LogP contribution in [-0.2, 0) is 12.8 Å². The summed E-state index contributed by atoms with van der Waals surface area (Å²) >= 11 is 0. The van der Waals surface area contributed by atoms with E-state index in [-0.39, 0.29) is 0 Å². The van der Waals surface area contributed by atoms with Crippen LogP contribution in [0.1, 0.15) is 99.3 Å². The quantitative estimate of drug-likeness (QED) is 0.310. The monoisotopic (exact) mass is 416 g/mol. The first-order valence-corrected chi connectivity index (χ1v) is 12.7. The fourth-order valence-electron chi connectivity index (χ4n) is 5.75. The minimum absolute atomic E-state index is 0.656.